The molecule has 2 heterocycles. The number of aliphatic hydroxyl groups is 1. The van der Waals surface area contributed by atoms with Crippen LogP contribution in [0.2, 0.25) is 0 Å². The number of aliphatic hydroxyl groups excluding tert-OH is 1. The summed E-state index contributed by atoms with van der Waals surface area (Å²) in [5.41, 5.74) is 1.24. The van der Waals surface area contributed by atoms with Crippen molar-refractivity contribution >= 4 is 33.7 Å². The van der Waals surface area contributed by atoms with Gasteiger partial charge in [0.2, 0.25) is 0 Å². The monoisotopic (exact) mass is 379 g/mol. The number of halogens is 1. The van der Waals surface area contributed by atoms with Crippen molar-refractivity contribution in [2.24, 2.45) is 0 Å². The second-order valence-corrected chi connectivity index (χ2v) is 7.05. The van der Waals surface area contributed by atoms with Gasteiger partial charge in [-0.2, -0.15) is 0 Å². The summed E-state index contributed by atoms with van der Waals surface area (Å²) in [5, 5.41) is 13.7. The van der Waals surface area contributed by atoms with E-state index in [0.29, 0.717) is 17.9 Å². The van der Waals surface area contributed by atoms with Gasteiger partial charge in [-0.3, -0.25) is 4.79 Å². The summed E-state index contributed by atoms with van der Waals surface area (Å²) < 4.78 is 0.854. The largest absolute Gasteiger partial charge is 0.369 e. The van der Waals surface area contributed by atoms with E-state index < -0.39 is 6.23 Å². The quantitative estimate of drug-likeness (QED) is 0.847. The van der Waals surface area contributed by atoms with Gasteiger partial charge in [-0.25, -0.2) is 4.98 Å². The summed E-state index contributed by atoms with van der Waals surface area (Å²) in [6.45, 7) is 2.52. The van der Waals surface area contributed by atoms with Gasteiger partial charge in [0, 0.05) is 28.8 Å². The van der Waals surface area contributed by atoms with Gasteiger partial charge >= 0.3 is 0 Å². The highest BCUT2D eigenvalue weighted by Gasteiger charge is 2.31. The van der Waals surface area contributed by atoms with Crippen molar-refractivity contribution in [2.45, 2.75) is 51.3 Å². The lowest BCUT2D eigenvalue weighted by Crippen LogP contribution is -2.46. The normalized spacial score (nSPS) is 21.6. The Morgan fingerprint density at radius 1 is 1.43 bits per heavy atom. The minimum absolute atomic E-state index is 0.173. The number of pyridine rings is 1. The zero-order valence-electron chi connectivity index (χ0n) is 13.3. The molecule has 1 atom stereocenters. The van der Waals surface area contributed by atoms with Gasteiger partial charge < -0.3 is 15.3 Å². The number of carbonyl (C=O) groups is 1. The Hall–Kier alpha value is -1.40. The molecule has 1 aromatic rings. The van der Waals surface area contributed by atoms with Crippen LogP contribution in [0, 0.1) is 0 Å². The number of aromatic nitrogens is 1. The SMILES string of the molecule is CCN1c2ncc(Br)cc2C=C(C(=O)NC2CCCCC2)C1O. The third-order valence-electron chi connectivity index (χ3n) is 4.56. The third-order valence-corrected chi connectivity index (χ3v) is 5.00. The minimum atomic E-state index is -0.954. The lowest BCUT2D eigenvalue weighted by atomic mass is 9.95. The number of nitrogens with zero attached hydrogens (tertiary/aromatic N) is 2. The van der Waals surface area contributed by atoms with Gasteiger partial charge in [0.1, 0.15) is 5.82 Å². The molecule has 1 aliphatic carbocycles. The van der Waals surface area contributed by atoms with Crippen LogP contribution < -0.4 is 10.2 Å². The molecule has 0 aromatic carbocycles. The van der Waals surface area contributed by atoms with E-state index in [-0.39, 0.29) is 11.9 Å². The molecule has 0 bridgehead atoms. The van der Waals surface area contributed by atoms with Gasteiger partial charge in [-0.15, -0.1) is 0 Å². The molecule has 2 aliphatic rings. The van der Waals surface area contributed by atoms with Crippen molar-refractivity contribution in [3.63, 3.8) is 0 Å². The molecule has 1 aliphatic heterocycles. The highest BCUT2D eigenvalue weighted by atomic mass is 79.9. The van der Waals surface area contributed by atoms with E-state index in [9.17, 15) is 9.90 Å². The first-order valence-corrected chi connectivity index (χ1v) is 9.02. The summed E-state index contributed by atoms with van der Waals surface area (Å²) in [5.74, 6) is 0.533. The molecule has 1 aromatic heterocycles. The van der Waals surface area contributed by atoms with Gasteiger partial charge in [-0.05, 0) is 47.8 Å². The number of anilines is 1. The van der Waals surface area contributed by atoms with E-state index in [4.69, 9.17) is 0 Å². The molecule has 0 saturated heterocycles. The average Bonchev–Trinajstić information content (AvgIpc) is 2.55. The number of amides is 1. The van der Waals surface area contributed by atoms with Gasteiger partial charge in [0.05, 0.1) is 5.57 Å². The van der Waals surface area contributed by atoms with Crippen molar-refractivity contribution in [2.75, 3.05) is 11.4 Å². The number of hydrogen-bond acceptors (Lipinski definition) is 4. The number of fused-ring (bicyclic) bond motifs is 1. The number of hydrogen-bond donors (Lipinski definition) is 2. The first-order valence-electron chi connectivity index (χ1n) is 8.23. The van der Waals surface area contributed by atoms with Gasteiger partial charge in [-0.1, -0.05) is 19.3 Å². The van der Waals surface area contributed by atoms with E-state index in [1.165, 1.54) is 6.42 Å². The van der Waals surface area contributed by atoms with E-state index in [1.807, 2.05) is 13.0 Å². The maximum atomic E-state index is 12.6. The van der Waals surface area contributed by atoms with Crippen LogP contribution in [-0.2, 0) is 4.79 Å². The van der Waals surface area contributed by atoms with Crippen molar-refractivity contribution < 1.29 is 9.90 Å². The third kappa shape index (κ3) is 3.43. The number of rotatable bonds is 3. The lowest BCUT2D eigenvalue weighted by molar-refractivity contribution is -0.119. The zero-order chi connectivity index (χ0) is 16.4. The Morgan fingerprint density at radius 3 is 2.87 bits per heavy atom. The van der Waals surface area contributed by atoms with E-state index in [2.05, 4.69) is 26.2 Å². The van der Waals surface area contributed by atoms with Crippen LogP contribution in [0.4, 0.5) is 5.82 Å². The second kappa shape index (κ2) is 7.01. The first-order chi connectivity index (χ1) is 11.1. The van der Waals surface area contributed by atoms with Crippen LogP contribution in [0.3, 0.4) is 0 Å². The molecule has 3 rings (SSSR count). The molecule has 1 amide bonds. The van der Waals surface area contributed by atoms with Crippen molar-refractivity contribution in [1.82, 2.24) is 10.3 Å². The summed E-state index contributed by atoms with van der Waals surface area (Å²) >= 11 is 3.41. The average molecular weight is 380 g/mol. The minimum Gasteiger partial charge on any atom is -0.369 e. The number of nitrogens with one attached hydrogen (secondary N) is 1. The van der Waals surface area contributed by atoms with Crippen molar-refractivity contribution in [1.29, 1.82) is 0 Å². The highest BCUT2D eigenvalue weighted by Crippen LogP contribution is 2.32. The molecular formula is C17H22BrN3O2. The predicted molar refractivity (Wildman–Crippen MR) is 94.0 cm³/mol. The smallest absolute Gasteiger partial charge is 0.252 e. The molecule has 0 radical (unpaired) electrons. The molecule has 1 unspecified atom stereocenters. The topological polar surface area (TPSA) is 65.5 Å². The molecule has 1 fully saturated rings. The molecular weight excluding hydrogens is 358 g/mol. The standard InChI is InChI=1S/C17H22BrN3O2/c1-2-21-15-11(8-12(18)10-19-15)9-14(17(21)23)16(22)20-13-6-4-3-5-7-13/h8-10,13,17,23H,2-7H2,1H3,(H,20,22). The van der Waals surface area contributed by atoms with E-state index in [0.717, 1.165) is 35.7 Å². The summed E-state index contributed by atoms with van der Waals surface area (Å²) in [7, 11) is 0. The fourth-order valence-corrected chi connectivity index (χ4v) is 3.69. The number of carbonyl (C=O) groups excluding carboxylic acids is 1. The summed E-state index contributed by atoms with van der Waals surface area (Å²) in [6.07, 6.45) is 8.11. The zero-order valence-corrected chi connectivity index (χ0v) is 14.8. The fourth-order valence-electron chi connectivity index (χ4n) is 3.34. The molecule has 5 nitrogen and oxygen atoms in total. The second-order valence-electron chi connectivity index (χ2n) is 6.13. The summed E-state index contributed by atoms with van der Waals surface area (Å²) in [6, 6.07) is 2.14. The first kappa shape index (κ1) is 16.5. The highest BCUT2D eigenvalue weighted by molar-refractivity contribution is 9.10. The maximum absolute atomic E-state index is 12.6. The maximum Gasteiger partial charge on any atom is 0.252 e. The van der Waals surface area contributed by atoms with Crippen LogP contribution in [0.5, 0.6) is 0 Å². The van der Waals surface area contributed by atoms with Crippen molar-refractivity contribution in [3.05, 3.63) is 27.9 Å². The van der Waals surface area contributed by atoms with Crippen LogP contribution in [0.25, 0.3) is 6.08 Å². The lowest BCUT2D eigenvalue weighted by Gasteiger charge is -2.34. The fraction of sp³-hybridized carbons (Fsp3) is 0.529. The Labute approximate surface area is 144 Å². The molecule has 0 spiro atoms. The van der Waals surface area contributed by atoms with E-state index >= 15 is 0 Å². The molecule has 2 N–H and O–H groups in total. The van der Waals surface area contributed by atoms with Crippen LogP contribution in [0.1, 0.15) is 44.6 Å². The number of likely N-dealkylation sites (N-methyl/N-ethyl adjacent to an activating group) is 1. The predicted octanol–water partition coefficient (Wildman–Crippen LogP) is 2.83. The summed E-state index contributed by atoms with van der Waals surface area (Å²) in [4.78, 5) is 18.8. The van der Waals surface area contributed by atoms with Gasteiger partial charge in [0.25, 0.3) is 5.91 Å². The Kier molecular flexibility index (Phi) is 5.02. The van der Waals surface area contributed by atoms with Crippen molar-refractivity contribution in [3.8, 4) is 0 Å². The van der Waals surface area contributed by atoms with Crippen LogP contribution in [-0.4, -0.2) is 34.8 Å². The Bertz CT molecular complexity index is 626. The molecule has 6 heteroatoms. The van der Waals surface area contributed by atoms with Crippen LogP contribution >= 0.6 is 15.9 Å². The van der Waals surface area contributed by atoms with Gasteiger partial charge in [0.15, 0.2) is 6.23 Å². The molecule has 124 valence electrons. The van der Waals surface area contributed by atoms with E-state index in [1.54, 1.807) is 17.2 Å². The Morgan fingerprint density at radius 2 is 2.17 bits per heavy atom. The Balaban J connectivity index is 1.86. The van der Waals surface area contributed by atoms with Crippen LogP contribution in [0.15, 0.2) is 22.3 Å². The molecule has 23 heavy (non-hydrogen) atoms. The molecule has 1 saturated carbocycles.